The molecule has 0 rings (SSSR count). The number of unbranched alkanes of at least 4 members (excludes halogenated alkanes) is 1. The van der Waals surface area contributed by atoms with Crippen LogP contribution in [0.25, 0.3) is 0 Å². The highest BCUT2D eigenvalue weighted by Gasteiger charge is 1.96. The van der Waals surface area contributed by atoms with E-state index in [1.807, 2.05) is 0 Å². The maximum atomic E-state index is 5.91. The summed E-state index contributed by atoms with van der Waals surface area (Å²) in [5, 5.41) is 3.26. The van der Waals surface area contributed by atoms with Crippen LogP contribution in [0.15, 0.2) is 23.5 Å². The number of hydrogen-bond donors (Lipinski definition) is 2. The van der Waals surface area contributed by atoms with E-state index in [4.69, 9.17) is 5.73 Å². The molecule has 0 radical (unpaired) electrons. The second kappa shape index (κ2) is 7.71. The molecular weight excluding hydrogens is 160 g/mol. The molecule has 0 aliphatic carbocycles. The topological polar surface area (TPSA) is 38.0 Å². The van der Waals surface area contributed by atoms with Gasteiger partial charge in [0.1, 0.15) is 0 Å². The Morgan fingerprint density at radius 1 is 1.23 bits per heavy atom. The van der Waals surface area contributed by atoms with Gasteiger partial charge in [0.15, 0.2) is 0 Å². The maximum Gasteiger partial charge on any atom is 0.0529 e. The number of nitrogens with one attached hydrogen (secondary N) is 1. The first kappa shape index (κ1) is 12.1. The van der Waals surface area contributed by atoms with Crippen molar-refractivity contribution in [1.29, 1.82) is 0 Å². The molecule has 3 N–H and O–H groups in total. The lowest BCUT2D eigenvalue weighted by Gasteiger charge is -2.09. The second-order valence-electron chi connectivity index (χ2n) is 3.00. The zero-order chi connectivity index (χ0) is 10.1. The zero-order valence-electron chi connectivity index (χ0n) is 9.06. The van der Waals surface area contributed by atoms with Gasteiger partial charge in [-0.2, -0.15) is 0 Å². The second-order valence-corrected chi connectivity index (χ2v) is 3.00. The molecule has 0 aromatic heterocycles. The fourth-order valence-electron chi connectivity index (χ4n) is 1.10. The molecule has 0 saturated carbocycles. The van der Waals surface area contributed by atoms with Crippen LogP contribution in [-0.4, -0.2) is 6.54 Å². The van der Waals surface area contributed by atoms with E-state index in [1.54, 1.807) is 0 Å². The van der Waals surface area contributed by atoms with E-state index in [0.717, 1.165) is 37.2 Å². The molecular formula is C11H22N2. The number of likely N-dealkylation sites (N-methyl/N-ethyl adjacent to an activating group) is 1. The van der Waals surface area contributed by atoms with Crippen molar-refractivity contribution in [3.05, 3.63) is 23.5 Å². The van der Waals surface area contributed by atoms with Gasteiger partial charge in [0.2, 0.25) is 0 Å². The molecule has 0 aromatic rings. The molecule has 0 aliphatic heterocycles. The first-order valence-electron chi connectivity index (χ1n) is 5.16. The predicted molar refractivity (Wildman–Crippen MR) is 59.2 cm³/mol. The van der Waals surface area contributed by atoms with Crippen LogP contribution in [0.5, 0.6) is 0 Å². The van der Waals surface area contributed by atoms with Gasteiger partial charge in [-0.1, -0.05) is 32.4 Å². The van der Waals surface area contributed by atoms with Gasteiger partial charge < -0.3 is 11.1 Å². The Labute approximate surface area is 81.9 Å². The molecule has 0 bridgehead atoms. The number of allylic oxidation sites excluding steroid dienone is 2. The fraction of sp³-hybridized carbons (Fsp3) is 0.636. The fourth-order valence-corrected chi connectivity index (χ4v) is 1.10. The molecule has 0 aromatic carbocycles. The maximum absolute atomic E-state index is 5.91. The lowest BCUT2D eigenvalue weighted by molar-refractivity contribution is 0.841. The Hall–Kier alpha value is -0.920. The van der Waals surface area contributed by atoms with Crippen molar-refractivity contribution in [2.24, 2.45) is 5.73 Å². The molecule has 2 nitrogen and oxygen atoms in total. The summed E-state index contributed by atoms with van der Waals surface area (Å²) in [6, 6.07) is 0. The Balaban J connectivity index is 4.27. The lowest BCUT2D eigenvalue weighted by Crippen LogP contribution is -2.18. The van der Waals surface area contributed by atoms with Crippen LogP contribution in [0.3, 0.4) is 0 Å². The molecule has 0 atom stereocenters. The van der Waals surface area contributed by atoms with Gasteiger partial charge in [-0.3, -0.25) is 0 Å². The summed E-state index contributed by atoms with van der Waals surface area (Å²) in [6.45, 7) is 7.27. The van der Waals surface area contributed by atoms with Crippen molar-refractivity contribution in [2.45, 2.75) is 40.0 Å². The molecule has 13 heavy (non-hydrogen) atoms. The van der Waals surface area contributed by atoms with Crippen molar-refractivity contribution >= 4 is 0 Å². The first-order valence-corrected chi connectivity index (χ1v) is 5.16. The van der Waals surface area contributed by atoms with Gasteiger partial charge in [-0.25, -0.2) is 0 Å². The molecule has 0 fully saturated rings. The SMILES string of the molecule is CC/C=C(NCC)\C(N)=C/CCC. The quantitative estimate of drug-likeness (QED) is 0.619. The Morgan fingerprint density at radius 2 is 1.92 bits per heavy atom. The summed E-state index contributed by atoms with van der Waals surface area (Å²) in [6.07, 6.45) is 7.43. The summed E-state index contributed by atoms with van der Waals surface area (Å²) in [4.78, 5) is 0. The van der Waals surface area contributed by atoms with Crippen LogP contribution in [-0.2, 0) is 0 Å². The summed E-state index contributed by atoms with van der Waals surface area (Å²) in [7, 11) is 0. The third-order valence-electron chi connectivity index (χ3n) is 1.74. The normalized spacial score (nSPS) is 13.2. The first-order chi connectivity index (χ1) is 6.26. The average Bonchev–Trinajstić information content (AvgIpc) is 2.14. The van der Waals surface area contributed by atoms with Crippen LogP contribution >= 0.6 is 0 Å². The van der Waals surface area contributed by atoms with Crippen molar-refractivity contribution in [3.8, 4) is 0 Å². The highest BCUT2D eigenvalue weighted by atomic mass is 14.9. The Morgan fingerprint density at radius 3 is 2.38 bits per heavy atom. The van der Waals surface area contributed by atoms with E-state index < -0.39 is 0 Å². The smallest absolute Gasteiger partial charge is 0.0529 e. The number of nitrogens with two attached hydrogens (primary N) is 1. The minimum atomic E-state index is 0.880. The summed E-state index contributed by atoms with van der Waals surface area (Å²) >= 11 is 0. The van der Waals surface area contributed by atoms with E-state index in [9.17, 15) is 0 Å². The molecule has 0 spiro atoms. The van der Waals surface area contributed by atoms with E-state index in [0.29, 0.717) is 0 Å². The van der Waals surface area contributed by atoms with E-state index >= 15 is 0 Å². The van der Waals surface area contributed by atoms with E-state index in [1.165, 1.54) is 0 Å². The minimum absolute atomic E-state index is 0.880. The van der Waals surface area contributed by atoms with Gasteiger partial charge in [0.05, 0.1) is 11.4 Å². The molecule has 0 amide bonds. The standard InChI is InChI=1S/C11H22N2/c1-4-7-9-10(12)11(8-5-2)13-6-3/h8-9,13H,4-7,12H2,1-3H3/b10-9+,11-8+. The van der Waals surface area contributed by atoms with Crippen molar-refractivity contribution in [1.82, 2.24) is 5.32 Å². The molecule has 0 saturated heterocycles. The third kappa shape index (κ3) is 5.34. The van der Waals surface area contributed by atoms with Crippen molar-refractivity contribution in [3.63, 3.8) is 0 Å². The highest BCUT2D eigenvalue weighted by Crippen LogP contribution is 2.03. The molecule has 0 unspecified atom stereocenters. The Bertz CT molecular complexity index is 181. The average molecular weight is 182 g/mol. The van der Waals surface area contributed by atoms with Gasteiger partial charge in [0.25, 0.3) is 0 Å². The zero-order valence-corrected chi connectivity index (χ0v) is 9.06. The van der Waals surface area contributed by atoms with Gasteiger partial charge >= 0.3 is 0 Å². The van der Waals surface area contributed by atoms with Gasteiger partial charge in [0, 0.05) is 6.54 Å². The van der Waals surface area contributed by atoms with Crippen LogP contribution in [0.1, 0.15) is 40.0 Å². The van der Waals surface area contributed by atoms with Crippen LogP contribution < -0.4 is 11.1 Å². The minimum Gasteiger partial charge on any atom is -0.397 e. The highest BCUT2D eigenvalue weighted by molar-refractivity contribution is 5.26. The number of rotatable bonds is 6. The monoisotopic (exact) mass is 182 g/mol. The lowest BCUT2D eigenvalue weighted by atomic mass is 10.2. The molecule has 76 valence electrons. The summed E-state index contributed by atoms with van der Waals surface area (Å²) < 4.78 is 0. The summed E-state index contributed by atoms with van der Waals surface area (Å²) in [5.74, 6) is 0. The van der Waals surface area contributed by atoms with E-state index in [-0.39, 0.29) is 0 Å². The Kier molecular flexibility index (Phi) is 7.17. The third-order valence-corrected chi connectivity index (χ3v) is 1.74. The molecule has 0 aliphatic rings. The number of hydrogen-bond acceptors (Lipinski definition) is 2. The van der Waals surface area contributed by atoms with Crippen LogP contribution in [0, 0.1) is 0 Å². The van der Waals surface area contributed by atoms with Crippen LogP contribution in [0.2, 0.25) is 0 Å². The predicted octanol–water partition coefficient (Wildman–Crippen LogP) is 2.53. The van der Waals surface area contributed by atoms with Crippen LogP contribution in [0.4, 0.5) is 0 Å². The summed E-state index contributed by atoms with van der Waals surface area (Å²) in [5.41, 5.74) is 7.87. The molecule has 2 heteroatoms. The van der Waals surface area contributed by atoms with Crippen molar-refractivity contribution in [2.75, 3.05) is 6.54 Å². The van der Waals surface area contributed by atoms with Gasteiger partial charge in [-0.15, -0.1) is 0 Å². The largest absolute Gasteiger partial charge is 0.397 e. The molecule has 0 heterocycles. The van der Waals surface area contributed by atoms with Crippen molar-refractivity contribution < 1.29 is 0 Å². The van der Waals surface area contributed by atoms with Gasteiger partial charge in [-0.05, 0) is 19.8 Å². The van der Waals surface area contributed by atoms with E-state index in [2.05, 4.69) is 38.2 Å².